The van der Waals surface area contributed by atoms with E-state index in [0.717, 1.165) is 24.8 Å². The quantitative estimate of drug-likeness (QED) is 0.884. The molecule has 0 bridgehead atoms. The maximum atomic E-state index is 12.7. The SMILES string of the molecule is CN(CC(=O)O)C1CCCN(C(=O)c2cc(-c3ccccc3)on2)CC1. The highest BCUT2D eigenvalue weighted by atomic mass is 16.5. The molecule has 1 aromatic heterocycles. The summed E-state index contributed by atoms with van der Waals surface area (Å²) in [6.07, 6.45) is 2.46. The average Bonchev–Trinajstić information content (AvgIpc) is 2.99. The first-order valence-electron chi connectivity index (χ1n) is 8.78. The highest BCUT2D eigenvalue weighted by Gasteiger charge is 2.26. The predicted octanol–water partition coefficient (Wildman–Crippen LogP) is 2.35. The largest absolute Gasteiger partial charge is 0.480 e. The zero-order chi connectivity index (χ0) is 18.5. The van der Waals surface area contributed by atoms with Crippen molar-refractivity contribution in [2.75, 3.05) is 26.7 Å². The number of hydrogen-bond donors (Lipinski definition) is 1. The van der Waals surface area contributed by atoms with Crippen LogP contribution in [0.2, 0.25) is 0 Å². The number of rotatable bonds is 5. The summed E-state index contributed by atoms with van der Waals surface area (Å²) in [7, 11) is 1.82. The Kier molecular flexibility index (Phi) is 5.68. The van der Waals surface area contributed by atoms with Crippen LogP contribution in [0.3, 0.4) is 0 Å². The Morgan fingerprint density at radius 2 is 2.04 bits per heavy atom. The number of carboxylic acid groups (broad SMARTS) is 1. The molecule has 0 aliphatic carbocycles. The Morgan fingerprint density at radius 3 is 2.77 bits per heavy atom. The molecule has 0 spiro atoms. The van der Waals surface area contributed by atoms with Crippen molar-refractivity contribution in [1.29, 1.82) is 0 Å². The molecule has 1 atom stereocenters. The number of hydrogen-bond acceptors (Lipinski definition) is 5. The topological polar surface area (TPSA) is 86.9 Å². The van der Waals surface area contributed by atoms with E-state index in [9.17, 15) is 9.59 Å². The van der Waals surface area contributed by atoms with Gasteiger partial charge in [0.1, 0.15) is 0 Å². The third kappa shape index (κ3) is 4.29. The Morgan fingerprint density at radius 1 is 1.27 bits per heavy atom. The van der Waals surface area contributed by atoms with Gasteiger partial charge in [-0.2, -0.15) is 0 Å². The molecule has 1 unspecified atom stereocenters. The van der Waals surface area contributed by atoms with Gasteiger partial charge in [0.25, 0.3) is 5.91 Å². The van der Waals surface area contributed by atoms with Crippen LogP contribution in [-0.2, 0) is 4.79 Å². The lowest BCUT2D eigenvalue weighted by Crippen LogP contribution is -2.37. The summed E-state index contributed by atoms with van der Waals surface area (Å²) in [4.78, 5) is 27.3. The minimum Gasteiger partial charge on any atom is -0.480 e. The number of aromatic nitrogens is 1. The van der Waals surface area contributed by atoms with E-state index in [1.54, 1.807) is 11.0 Å². The van der Waals surface area contributed by atoms with Crippen LogP contribution in [0.4, 0.5) is 0 Å². The first kappa shape index (κ1) is 18.1. The van der Waals surface area contributed by atoms with Crippen molar-refractivity contribution in [3.63, 3.8) is 0 Å². The number of carbonyl (C=O) groups excluding carboxylic acids is 1. The Hall–Kier alpha value is -2.67. The highest BCUT2D eigenvalue weighted by Crippen LogP contribution is 2.22. The second-order valence-electron chi connectivity index (χ2n) is 6.63. The third-order valence-corrected chi connectivity index (χ3v) is 4.78. The minimum absolute atomic E-state index is 0.0162. The second kappa shape index (κ2) is 8.14. The van der Waals surface area contributed by atoms with Crippen molar-refractivity contribution in [2.24, 2.45) is 0 Å². The average molecular weight is 357 g/mol. The van der Waals surface area contributed by atoms with Crippen LogP contribution in [0, 0.1) is 0 Å². The van der Waals surface area contributed by atoms with Crippen molar-refractivity contribution in [2.45, 2.75) is 25.3 Å². The lowest BCUT2D eigenvalue weighted by atomic mass is 10.1. The van der Waals surface area contributed by atoms with Crippen molar-refractivity contribution in [3.8, 4) is 11.3 Å². The molecule has 1 aliphatic heterocycles. The van der Waals surface area contributed by atoms with Gasteiger partial charge in [0.2, 0.25) is 0 Å². The van der Waals surface area contributed by atoms with Crippen molar-refractivity contribution < 1.29 is 19.2 Å². The molecule has 7 heteroatoms. The molecule has 1 N–H and O–H groups in total. The van der Waals surface area contributed by atoms with E-state index in [-0.39, 0.29) is 18.5 Å². The molecule has 2 aromatic rings. The van der Waals surface area contributed by atoms with Gasteiger partial charge in [-0.15, -0.1) is 0 Å². The first-order valence-corrected chi connectivity index (χ1v) is 8.78. The summed E-state index contributed by atoms with van der Waals surface area (Å²) in [6, 6.07) is 11.4. The van der Waals surface area contributed by atoms with E-state index in [4.69, 9.17) is 9.63 Å². The zero-order valence-electron chi connectivity index (χ0n) is 14.8. The van der Waals surface area contributed by atoms with E-state index in [2.05, 4.69) is 5.16 Å². The molecule has 138 valence electrons. The number of aliphatic carboxylic acids is 1. The van der Waals surface area contributed by atoms with Gasteiger partial charge >= 0.3 is 5.97 Å². The molecule has 0 saturated carbocycles. The Bertz CT molecular complexity index is 759. The fourth-order valence-electron chi connectivity index (χ4n) is 3.34. The van der Waals surface area contributed by atoms with Crippen LogP contribution < -0.4 is 0 Å². The summed E-state index contributed by atoms with van der Waals surface area (Å²) >= 11 is 0. The van der Waals surface area contributed by atoms with Crippen LogP contribution in [0.5, 0.6) is 0 Å². The molecular weight excluding hydrogens is 334 g/mol. The zero-order valence-corrected chi connectivity index (χ0v) is 14.8. The summed E-state index contributed by atoms with van der Waals surface area (Å²) in [5.74, 6) is -0.402. The molecule has 0 radical (unpaired) electrons. The van der Waals surface area contributed by atoms with Gasteiger partial charge in [-0.1, -0.05) is 35.5 Å². The molecule has 2 heterocycles. The summed E-state index contributed by atoms with van der Waals surface area (Å²) in [6.45, 7) is 1.24. The number of likely N-dealkylation sites (tertiary alicyclic amines) is 1. The number of carbonyl (C=O) groups is 2. The van der Waals surface area contributed by atoms with Gasteiger partial charge < -0.3 is 14.5 Å². The van der Waals surface area contributed by atoms with Gasteiger partial charge in [-0.05, 0) is 26.3 Å². The normalized spacial score (nSPS) is 17.9. The summed E-state index contributed by atoms with van der Waals surface area (Å²) < 4.78 is 5.33. The van der Waals surface area contributed by atoms with E-state index in [1.807, 2.05) is 42.3 Å². The first-order chi connectivity index (χ1) is 12.5. The van der Waals surface area contributed by atoms with Crippen LogP contribution in [0.1, 0.15) is 29.8 Å². The number of amides is 1. The van der Waals surface area contributed by atoms with Crippen molar-refractivity contribution in [1.82, 2.24) is 15.0 Å². The number of benzene rings is 1. The monoisotopic (exact) mass is 357 g/mol. The van der Waals surface area contributed by atoms with E-state index in [0.29, 0.717) is 24.5 Å². The Labute approximate surface area is 152 Å². The van der Waals surface area contributed by atoms with Crippen LogP contribution in [0.25, 0.3) is 11.3 Å². The number of carboxylic acids is 1. The second-order valence-corrected chi connectivity index (χ2v) is 6.63. The third-order valence-electron chi connectivity index (χ3n) is 4.78. The van der Waals surface area contributed by atoms with Gasteiger partial charge in [0.05, 0.1) is 6.54 Å². The maximum Gasteiger partial charge on any atom is 0.317 e. The Balaban J connectivity index is 1.64. The van der Waals surface area contributed by atoms with Gasteiger partial charge in [0.15, 0.2) is 11.5 Å². The standard InChI is InChI=1S/C19H23N3O4/c1-21(13-18(23)24)15-8-5-10-22(11-9-15)19(25)16-12-17(26-20-16)14-6-3-2-4-7-14/h2-4,6-7,12,15H,5,8-11,13H2,1H3,(H,23,24). The lowest BCUT2D eigenvalue weighted by molar-refractivity contribution is -0.138. The molecule has 1 fully saturated rings. The summed E-state index contributed by atoms with van der Waals surface area (Å²) in [5.41, 5.74) is 1.19. The highest BCUT2D eigenvalue weighted by molar-refractivity contribution is 5.93. The molecule has 7 nitrogen and oxygen atoms in total. The molecule has 26 heavy (non-hydrogen) atoms. The van der Waals surface area contributed by atoms with Crippen molar-refractivity contribution >= 4 is 11.9 Å². The van der Waals surface area contributed by atoms with Crippen LogP contribution >= 0.6 is 0 Å². The smallest absolute Gasteiger partial charge is 0.317 e. The fraction of sp³-hybridized carbons (Fsp3) is 0.421. The predicted molar refractivity (Wildman–Crippen MR) is 95.7 cm³/mol. The molecule has 1 aliphatic rings. The maximum absolute atomic E-state index is 12.7. The van der Waals surface area contributed by atoms with Crippen LogP contribution in [0.15, 0.2) is 40.9 Å². The van der Waals surface area contributed by atoms with Gasteiger partial charge in [-0.3, -0.25) is 14.5 Å². The molecule has 1 saturated heterocycles. The van der Waals surface area contributed by atoms with Crippen molar-refractivity contribution in [3.05, 3.63) is 42.1 Å². The van der Waals surface area contributed by atoms with Gasteiger partial charge in [0, 0.05) is 30.8 Å². The molecule has 3 rings (SSSR count). The molecular formula is C19H23N3O4. The molecule has 1 aromatic carbocycles. The minimum atomic E-state index is -0.833. The van der Waals surface area contributed by atoms with Crippen LogP contribution in [-0.4, -0.2) is 64.7 Å². The van der Waals surface area contributed by atoms with Gasteiger partial charge in [-0.25, -0.2) is 0 Å². The molecule has 1 amide bonds. The number of nitrogens with zero attached hydrogens (tertiary/aromatic N) is 3. The fourth-order valence-corrected chi connectivity index (χ4v) is 3.34. The lowest BCUT2D eigenvalue weighted by Gasteiger charge is -2.25. The van der Waals surface area contributed by atoms with E-state index < -0.39 is 5.97 Å². The number of likely N-dealkylation sites (N-methyl/N-ethyl adjacent to an activating group) is 1. The van der Waals surface area contributed by atoms with E-state index >= 15 is 0 Å². The summed E-state index contributed by atoms with van der Waals surface area (Å²) in [5, 5.41) is 12.9. The van der Waals surface area contributed by atoms with E-state index in [1.165, 1.54) is 0 Å².